The molecule has 1 aromatic rings. The van der Waals surface area contributed by atoms with Crippen molar-refractivity contribution in [3.63, 3.8) is 0 Å². The number of hydrogen-bond donors (Lipinski definition) is 2. The van der Waals surface area contributed by atoms with Crippen molar-refractivity contribution in [2.75, 3.05) is 11.4 Å². The average Bonchev–Trinajstić information content (AvgIpc) is 3.02. The first-order valence-corrected chi connectivity index (χ1v) is 8.70. The fourth-order valence-corrected chi connectivity index (χ4v) is 3.37. The number of nitrogens with one attached hydrogen (secondary N) is 1. The number of rotatable bonds is 4. The topological polar surface area (TPSA) is 69.6 Å². The Morgan fingerprint density at radius 3 is 2.58 bits per heavy atom. The molecule has 5 heteroatoms. The summed E-state index contributed by atoms with van der Waals surface area (Å²) in [5.41, 5.74) is 1.81. The number of aliphatic hydroxyl groups is 1. The molecule has 1 aromatic carbocycles. The molecule has 0 aromatic heterocycles. The van der Waals surface area contributed by atoms with Gasteiger partial charge in [-0.2, -0.15) is 0 Å². The first-order chi connectivity index (χ1) is 11.6. The maximum atomic E-state index is 12.0. The van der Waals surface area contributed by atoms with Gasteiger partial charge in [0, 0.05) is 24.7 Å². The molecule has 1 saturated heterocycles. The molecule has 0 bridgehead atoms. The summed E-state index contributed by atoms with van der Waals surface area (Å²) in [4.78, 5) is 25.5. The van der Waals surface area contributed by atoms with Gasteiger partial charge < -0.3 is 15.3 Å². The van der Waals surface area contributed by atoms with Gasteiger partial charge in [-0.15, -0.1) is 0 Å². The van der Waals surface area contributed by atoms with E-state index in [9.17, 15) is 14.7 Å². The fourth-order valence-electron chi connectivity index (χ4n) is 3.37. The summed E-state index contributed by atoms with van der Waals surface area (Å²) in [5, 5.41) is 12.8. The highest BCUT2D eigenvalue weighted by molar-refractivity contribution is 5.95. The standard InChI is InChI=1S/C19H24N2O3/c22-17-5-2-1-4-16(17)20-18(23)12-9-14-7-10-15(11-8-14)21-13-3-6-19(21)24/h7-12,16-17,22H,1-6,13H2,(H,20,23)/b12-9+. The van der Waals surface area contributed by atoms with Gasteiger partial charge in [-0.05, 0) is 43.0 Å². The van der Waals surface area contributed by atoms with Crippen molar-refractivity contribution < 1.29 is 14.7 Å². The van der Waals surface area contributed by atoms with E-state index in [0.717, 1.165) is 49.9 Å². The Balaban J connectivity index is 1.56. The van der Waals surface area contributed by atoms with Crippen molar-refractivity contribution in [2.24, 2.45) is 0 Å². The monoisotopic (exact) mass is 328 g/mol. The van der Waals surface area contributed by atoms with Crippen LogP contribution in [0.15, 0.2) is 30.3 Å². The van der Waals surface area contributed by atoms with E-state index < -0.39 is 6.10 Å². The zero-order chi connectivity index (χ0) is 16.9. The second-order valence-electron chi connectivity index (χ2n) is 6.54. The largest absolute Gasteiger partial charge is 0.391 e. The second-order valence-corrected chi connectivity index (χ2v) is 6.54. The van der Waals surface area contributed by atoms with E-state index in [1.54, 1.807) is 11.0 Å². The van der Waals surface area contributed by atoms with Crippen molar-refractivity contribution in [1.29, 1.82) is 0 Å². The number of hydrogen-bond acceptors (Lipinski definition) is 3. The van der Waals surface area contributed by atoms with Crippen LogP contribution in [0.5, 0.6) is 0 Å². The number of nitrogens with zero attached hydrogens (tertiary/aromatic N) is 1. The number of aliphatic hydroxyl groups excluding tert-OH is 1. The number of benzene rings is 1. The van der Waals surface area contributed by atoms with E-state index in [-0.39, 0.29) is 17.9 Å². The van der Waals surface area contributed by atoms with Crippen LogP contribution in [0.2, 0.25) is 0 Å². The van der Waals surface area contributed by atoms with Crippen LogP contribution in [0.4, 0.5) is 5.69 Å². The van der Waals surface area contributed by atoms with Crippen LogP contribution < -0.4 is 10.2 Å². The van der Waals surface area contributed by atoms with Gasteiger partial charge in [0.05, 0.1) is 12.1 Å². The molecule has 1 saturated carbocycles. The highest BCUT2D eigenvalue weighted by atomic mass is 16.3. The number of carbonyl (C=O) groups excluding carboxylic acids is 2. The van der Waals surface area contributed by atoms with Gasteiger partial charge >= 0.3 is 0 Å². The molecule has 1 aliphatic heterocycles. The Kier molecular flexibility index (Phi) is 5.30. The van der Waals surface area contributed by atoms with Gasteiger partial charge in [0.15, 0.2) is 0 Å². The Hall–Kier alpha value is -2.14. The lowest BCUT2D eigenvalue weighted by atomic mass is 9.92. The minimum atomic E-state index is -0.437. The molecular formula is C19H24N2O3. The van der Waals surface area contributed by atoms with Gasteiger partial charge in [-0.25, -0.2) is 0 Å². The molecule has 1 aliphatic carbocycles. The Morgan fingerprint density at radius 2 is 1.92 bits per heavy atom. The summed E-state index contributed by atoms with van der Waals surface area (Å²) in [6.45, 7) is 0.778. The molecular weight excluding hydrogens is 304 g/mol. The minimum absolute atomic E-state index is 0.139. The van der Waals surface area contributed by atoms with Gasteiger partial charge in [-0.3, -0.25) is 9.59 Å². The van der Waals surface area contributed by atoms with E-state index in [0.29, 0.717) is 6.42 Å². The number of anilines is 1. The lowest BCUT2D eigenvalue weighted by Crippen LogP contribution is -2.44. The molecule has 128 valence electrons. The number of carbonyl (C=O) groups is 2. The summed E-state index contributed by atoms with van der Waals surface area (Å²) >= 11 is 0. The molecule has 2 fully saturated rings. The van der Waals surface area contributed by atoms with Crippen molar-refractivity contribution >= 4 is 23.6 Å². The van der Waals surface area contributed by atoms with Crippen LogP contribution in [0, 0.1) is 0 Å². The quantitative estimate of drug-likeness (QED) is 0.833. The molecule has 2 atom stereocenters. The van der Waals surface area contributed by atoms with Crippen LogP contribution in [0.3, 0.4) is 0 Å². The molecule has 5 nitrogen and oxygen atoms in total. The highest BCUT2D eigenvalue weighted by Gasteiger charge is 2.23. The van der Waals surface area contributed by atoms with Crippen LogP contribution in [-0.4, -0.2) is 35.6 Å². The second kappa shape index (κ2) is 7.62. The summed E-state index contributed by atoms with van der Waals surface area (Å²) in [5.74, 6) is -0.0107. The van der Waals surface area contributed by atoms with E-state index in [1.165, 1.54) is 6.08 Å². The first-order valence-electron chi connectivity index (χ1n) is 8.70. The Bertz CT molecular complexity index is 624. The lowest BCUT2D eigenvalue weighted by Gasteiger charge is -2.27. The van der Waals surface area contributed by atoms with Crippen LogP contribution >= 0.6 is 0 Å². The van der Waals surface area contributed by atoms with Crippen molar-refractivity contribution in [1.82, 2.24) is 5.32 Å². The summed E-state index contributed by atoms with van der Waals surface area (Å²) < 4.78 is 0. The Labute approximate surface area is 142 Å². The molecule has 2 unspecified atom stereocenters. The van der Waals surface area contributed by atoms with Crippen molar-refractivity contribution in [3.05, 3.63) is 35.9 Å². The predicted molar refractivity (Wildman–Crippen MR) is 93.5 cm³/mol. The highest BCUT2D eigenvalue weighted by Crippen LogP contribution is 2.22. The van der Waals surface area contributed by atoms with E-state index in [4.69, 9.17) is 0 Å². The molecule has 2 N–H and O–H groups in total. The predicted octanol–water partition coefficient (Wildman–Crippen LogP) is 2.25. The molecule has 2 aliphatic rings. The van der Waals surface area contributed by atoms with Gasteiger partial charge in [0.25, 0.3) is 0 Å². The molecule has 0 radical (unpaired) electrons. The summed E-state index contributed by atoms with van der Waals surface area (Å²) in [6.07, 6.45) is 8.00. The third kappa shape index (κ3) is 4.03. The summed E-state index contributed by atoms with van der Waals surface area (Å²) in [6, 6.07) is 7.48. The van der Waals surface area contributed by atoms with Gasteiger partial charge in [-0.1, -0.05) is 25.0 Å². The number of amides is 2. The zero-order valence-corrected chi connectivity index (χ0v) is 13.8. The molecule has 3 rings (SSSR count). The third-order valence-corrected chi connectivity index (χ3v) is 4.76. The normalized spacial score (nSPS) is 24.5. The van der Waals surface area contributed by atoms with Crippen LogP contribution in [0.1, 0.15) is 44.1 Å². The van der Waals surface area contributed by atoms with E-state index in [2.05, 4.69) is 5.32 Å². The van der Waals surface area contributed by atoms with Crippen LogP contribution in [0.25, 0.3) is 6.08 Å². The SMILES string of the molecule is O=C(/C=C/c1ccc(N2CCCC2=O)cc1)NC1CCCCC1O. The van der Waals surface area contributed by atoms with E-state index >= 15 is 0 Å². The van der Waals surface area contributed by atoms with Crippen LogP contribution in [-0.2, 0) is 9.59 Å². The first kappa shape index (κ1) is 16.7. The third-order valence-electron chi connectivity index (χ3n) is 4.76. The van der Waals surface area contributed by atoms with Gasteiger partial charge in [0.2, 0.25) is 11.8 Å². The summed E-state index contributed by atoms with van der Waals surface area (Å²) in [7, 11) is 0. The average molecular weight is 328 g/mol. The fraction of sp³-hybridized carbons (Fsp3) is 0.474. The zero-order valence-electron chi connectivity index (χ0n) is 13.8. The molecule has 0 spiro atoms. The molecule has 24 heavy (non-hydrogen) atoms. The van der Waals surface area contributed by atoms with Crippen molar-refractivity contribution in [3.8, 4) is 0 Å². The maximum absolute atomic E-state index is 12.0. The maximum Gasteiger partial charge on any atom is 0.244 e. The smallest absolute Gasteiger partial charge is 0.244 e. The lowest BCUT2D eigenvalue weighted by molar-refractivity contribution is -0.118. The van der Waals surface area contributed by atoms with Gasteiger partial charge in [0.1, 0.15) is 0 Å². The molecule has 2 amide bonds. The van der Waals surface area contributed by atoms with E-state index in [1.807, 2.05) is 24.3 Å². The van der Waals surface area contributed by atoms with Crippen molar-refractivity contribution in [2.45, 2.75) is 50.7 Å². The minimum Gasteiger partial charge on any atom is -0.391 e. The Morgan fingerprint density at radius 1 is 1.17 bits per heavy atom. The molecule has 1 heterocycles.